The number of aryl methyl sites for hydroxylation is 1. The van der Waals surface area contributed by atoms with Gasteiger partial charge in [0.15, 0.2) is 11.5 Å². The van der Waals surface area contributed by atoms with E-state index in [1.807, 2.05) is 31.2 Å². The second-order valence-corrected chi connectivity index (χ2v) is 4.69. The molecule has 2 aromatic heterocycles. The highest BCUT2D eigenvalue weighted by Gasteiger charge is 2.13. The summed E-state index contributed by atoms with van der Waals surface area (Å²) in [4.78, 5) is 15.5. The SMILES string of the molecule is Cc1ccc(Cc2nc3c(C(=O)O)cccn3n2)cc1. The van der Waals surface area contributed by atoms with Gasteiger partial charge in [-0.15, -0.1) is 0 Å². The molecule has 5 nitrogen and oxygen atoms in total. The molecule has 100 valence electrons. The number of aromatic nitrogens is 3. The molecule has 0 aliphatic rings. The van der Waals surface area contributed by atoms with Crippen LogP contribution in [-0.4, -0.2) is 25.7 Å². The molecule has 3 rings (SSSR count). The lowest BCUT2D eigenvalue weighted by molar-refractivity contribution is 0.0698. The summed E-state index contributed by atoms with van der Waals surface area (Å²) in [7, 11) is 0. The van der Waals surface area contributed by atoms with Crippen LogP contribution in [0.5, 0.6) is 0 Å². The Morgan fingerprint density at radius 2 is 2.00 bits per heavy atom. The van der Waals surface area contributed by atoms with E-state index >= 15 is 0 Å². The van der Waals surface area contributed by atoms with Gasteiger partial charge in [0.2, 0.25) is 0 Å². The summed E-state index contributed by atoms with van der Waals surface area (Å²) in [6.07, 6.45) is 2.29. The first-order valence-electron chi connectivity index (χ1n) is 6.26. The Bertz CT molecular complexity index is 775. The first-order chi connectivity index (χ1) is 9.63. The summed E-state index contributed by atoms with van der Waals surface area (Å²) in [5, 5.41) is 13.4. The molecule has 0 aliphatic heterocycles. The highest BCUT2D eigenvalue weighted by molar-refractivity contribution is 5.94. The van der Waals surface area contributed by atoms with Crippen LogP contribution in [0.15, 0.2) is 42.6 Å². The van der Waals surface area contributed by atoms with E-state index in [-0.39, 0.29) is 5.56 Å². The van der Waals surface area contributed by atoms with E-state index in [4.69, 9.17) is 5.11 Å². The second-order valence-electron chi connectivity index (χ2n) is 4.69. The minimum Gasteiger partial charge on any atom is -0.478 e. The molecule has 0 bridgehead atoms. The van der Waals surface area contributed by atoms with Crippen LogP contribution in [0.25, 0.3) is 5.65 Å². The summed E-state index contributed by atoms with van der Waals surface area (Å²) in [6.45, 7) is 2.03. The third-order valence-corrected chi connectivity index (χ3v) is 3.12. The Morgan fingerprint density at radius 3 is 2.70 bits per heavy atom. The van der Waals surface area contributed by atoms with Crippen molar-refractivity contribution in [3.05, 3.63) is 65.1 Å². The van der Waals surface area contributed by atoms with Crippen LogP contribution < -0.4 is 0 Å². The van der Waals surface area contributed by atoms with Gasteiger partial charge in [0.1, 0.15) is 5.56 Å². The maximum atomic E-state index is 11.1. The first-order valence-corrected chi connectivity index (χ1v) is 6.26. The fourth-order valence-corrected chi connectivity index (χ4v) is 2.08. The van der Waals surface area contributed by atoms with E-state index in [1.54, 1.807) is 12.3 Å². The van der Waals surface area contributed by atoms with Gasteiger partial charge in [-0.3, -0.25) is 0 Å². The quantitative estimate of drug-likeness (QED) is 0.790. The lowest BCUT2D eigenvalue weighted by Crippen LogP contribution is -2.00. The highest BCUT2D eigenvalue weighted by Crippen LogP contribution is 2.12. The summed E-state index contributed by atoms with van der Waals surface area (Å²) in [5.41, 5.74) is 2.84. The lowest BCUT2D eigenvalue weighted by Gasteiger charge is -1.97. The maximum Gasteiger partial charge on any atom is 0.339 e. The van der Waals surface area contributed by atoms with E-state index in [2.05, 4.69) is 10.1 Å². The number of benzene rings is 1. The third-order valence-electron chi connectivity index (χ3n) is 3.12. The number of rotatable bonds is 3. The Kier molecular flexibility index (Phi) is 2.95. The number of carboxylic acid groups (broad SMARTS) is 1. The van der Waals surface area contributed by atoms with E-state index < -0.39 is 5.97 Å². The Balaban J connectivity index is 1.99. The third kappa shape index (κ3) is 2.25. The van der Waals surface area contributed by atoms with Crippen molar-refractivity contribution in [1.29, 1.82) is 0 Å². The molecule has 0 spiro atoms. The van der Waals surface area contributed by atoms with E-state index in [0.717, 1.165) is 5.56 Å². The molecule has 2 heterocycles. The monoisotopic (exact) mass is 267 g/mol. The number of nitrogens with zero attached hydrogens (tertiary/aromatic N) is 3. The van der Waals surface area contributed by atoms with Gasteiger partial charge in [0, 0.05) is 12.6 Å². The molecule has 0 aliphatic carbocycles. The Labute approximate surface area is 115 Å². The molecule has 5 heteroatoms. The zero-order chi connectivity index (χ0) is 14.1. The number of carboxylic acids is 1. The van der Waals surface area contributed by atoms with Crippen LogP contribution in [0.4, 0.5) is 0 Å². The van der Waals surface area contributed by atoms with Crippen molar-refractivity contribution in [2.75, 3.05) is 0 Å². The molecule has 0 atom stereocenters. The highest BCUT2D eigenvalue weighted by atomic mass is 16.4. The summed E-state index contributed by atoms with van der Waals surface area (Å²) >= 11 is 0. The molecule has 3 aromatic rings. The fourth-order valence-electron chi connectivity index (χ4n) is 2.08. The summed E-state index contributed by atoms with van der Waals surface area (Å²) in [6, 6.07) is 11.3. The number of pyridine rings is 1. The van der Waals surface area contributed by atoms with Crippen LogP contribution in [0.3, 0.4) is 0 Å². The molecule has 0 unspecified atom stereocenters. The zero-order valence-electron chi connectivity index (χ0n) is 10.9. The van der Waals surface area contributed by atoms with Gasteiger partial charge in [0.05, 0.1) is 0 Å². The van der Waals surface area contributed by atoms with E-state index in [1.165, 1.54) is 16.1 Å². The molecule has 1 N–H and O–H groups in total. The average molecular weight is 267 g/mol. The van der Waals surface area contributed by atoms with Crippen molar-refractivity contribution >= 4 is 11.6 Å². The predicted molar refractivity (Wildman–Crippen MR) is 73.9 cm³/mol. The van der Waals surface area contributed by atoms with E-state index in [0.29, 0.717) is 17.9 Å². The molecular weight excluding hydrogens is 254 g/mol. The fraction of sp³-hybridized carbons (Fsp3) is 0.133. The summed E-state index contributed by atoms with van der Waals surface area (Å²) < 4.78 is 1.51. The van der Waals surface area contributed by atoms with Gasteiger partial charge in [-0.25, -0.2) is 14.3 Å². The molecule has 0 radical (unpaired) electrons. The second kappa shape index (κ2) is 4.77. The number of aromatic carboxylic acids is 1. The largest absolute Gasteiger partial charge is 0.478 e. The maximum absolute atomic E-state index is 11.1. The van der Waals surface area contributed by atoms with Crippen molar-refractivity contribution < 1.29 is 9.90 Å². The van der Waals surface area contributed by atoms with Gasteiger partial charge in [-0.2, -0.15) is 5.10 Å². The topological polar surface area (TPSA) is 67.5 Å². The van der Waals surface area contributed by atoms with E-state index in [9.17, 15) is 4.79 Å². The van der Waals surface area contributed by atoms with Crippen LogP contribution >= 0.6 is 0 Å². The molecule has 1 aromatic carbocycles. The zero-order valence-corrected chi connectivity index (χ0v) is 10.9. The van der Waals surface area contributed by atoms with Gasteiger partial charge < -0.3 is 5.11 Å². The minimum absolute atomic E-state index is 0.162. The van der Waals surface area contributed by atoms with Crippen molar-refractivity contribution in [3.63, 3.8) is 0 Å². The first kappa shape index (κ1) is 12.3. The minimum atomic E-state index is -0.995. The Morgan fingerprint density at radius 1 is 1.25 bits per heavy atom. The van der Waals surface area contributed by atoms with Crippen molar-refractivity contribution in [2.24, 2.45) is 0 Å². The van der Waals surface area contributed by atoms with Crippen LogP contribution in [-0.2, 0) is 6.42 Å². The number of hydrogen-bond donors (Lipinski definition) is 1. The Hall–Kier alpha value is -2.69. The molecule has 0 saturated carbocycles. The van der Waals surface area contributed by atoms with Crippen molar-refractivity contribution in [3.8, 4) is 0 Å². The standard InChI is InChI=1S/C15H13N3O2/c1-10-4-6-11(7-5-10)9-13-16-14-12(15(19)20)3-2-8-18(14)17-13/h2-8H,9H2,1H3,(H,19,20). The smallest absolute Gasteiger partial charge is 0.339 e. The number of carbonyl (C=O) groups is 1. The average Bonchev–Trinajstić information content (AvgIpc) is 2.83. The molecule has 0 amide bonds. The molecule has 0 fully saturated rings. The van der Waals surface area contributed by atoms with Gasteiger partial charge in [-0.1, -0.05) is 29.8 Å². The molecular formula is C15H13N3O2. The predicted octanol–water partition coefficient (Wildman–Crippen LogP) is 2.33. The van der Waals surface area contributed by atoms with Crippen molar-refractivity contribution in [2.45, 2.75) is 13.3 Å². The van der Waals surface area contributed by atoms with Gasteiger partial charge >= 0.3 is 5.97 Å². The van der Waals surface area contributed by atoms with Crippen LogP contribution in [0.2, 0.25) is 0 Å². The molecule has 0 saturated heterocycles. The van der Waals surface area contributed by atoms with Crippen LogP contribution in [0.1, 0.15) is 27.3 Å². The summed E-state index contributed by atoms with van der Waals surface area (Å²) in [5.74, 6) is -0.382. The number of fused-ring (bicyclic) bond motifs is 1. The van der Waals surface area contributed by atoms with Crippen LogP contribution in [0, 0.1) is 6.92 Å². The van der Waals surface area contributed by atoms with Gasteiger partial charge in [-0.05, 0) is 24.6 Å². The normalized spacial score (nSPS) is 10.8. The lowest BCUT2D eigenvalue weighted by atomic mass is 10.1. The number of hydrogen-bond acceptors (Lipinski definition) is 3. The molecule has 20 heavy (non-hydrogen) atoms. The van der Waals surface area contributed by atoms with Gasteiger partial charge in [0.25, 0.3) is 0 Å². The van der Waals surface area contributed by atoms with Crippen molar-refractivity contribution in [1.82, 2.24) is 14.6 Å².